The van der Waals surface area contributed by atoms with E-state index in [4.69, 9.17) is 9.47 Å². The number of methoxy groups -OCH3 is 1. The lowest BCUT2D eigenvalue weighted by atomic mass is 9.97. The highest BCUT2D eigenvalue weighted by Gasteiger charge is 2.36. The number of ether oxygens (including phenoxy) is 2. The Balaban J connectivity index is 1.57. The molecule has 2 aliphatic rings. The van der Waals surface area contributed by atoms with Crippen LogP contribution in [0, 0.1) is 5.82 Å². The second kappa shape index (κ2) is 11.4. The maximum atomic E-state index is 14.6. The highest BCUT2D eigenvalue weighted by molar-refractivity contribution is 6.03. The van der Waals surface area contributed by atoms with Crippen molar-refractivity contribution in [1.82, 2.24) is 14.8 Å². The minimum absolute atomic E-state index is 0.112. The SMILES string of the molecule is COc1ccccc1[C@H]1CC(c2ccccc2F)=NN1C(=O)CN(CCN1CCOCC1)C(C)=O. The number of hydrazone groups is 1. The Morgan fingerprint density at radius 1 is 1.14 bits per heavy atom. The molecule has 0 aromatic heterocycles. The molecule has 2 heterocycles. The monoisotopic (exact) mass is 482 g/mol. The molecule has 186 valence electrons. The zero-order valence-corrected chi connectivity index (χ0v) is 20.2. The molecule has 1 atom stereocenters. The smallest absolute Gasteiger partial charge is 0.262 e. The van der Waals surface area contributed by atoms with Crippen LogP contribution in [-0.2, 0) is 14.3 Å². The molecule has 35 heavy (non-hydrogen) atoms. The second-order valence-electron chi connectivity index (χ2n) is 8.62. The van der Waals surface area contributed by atoms with Crippen molar-refractivity contribution < 1.29 is 23.5 Å². The molecule has 4 rings (SSSR count). The van der Waals surface area contributed by atoms with Gasteiger partial charge in [0.2, 0.25) is 5.91 Å². The summed E-state index contributed by atoms with van der Waals surface area (Å²) < 4.78 is 25.5. The van der Waals surface area contributed by atoms with Gasteiger partial charge in [0.15, 0.2) is 0 Å². The standard InChI is InChI=1S/C26H31FN4O4/c1-19(32)30(12-11-29-13-15-35-16-14-29)18-26(33)31-24(21-8-4-6-10-25(21)34-2)17-23(28-31)20-7-3-5-9-22(20)27/h3-10,24H,11-18H2,1-2H3/t24-/m1/s1. The first-order valence-corrected chi connectivity index (χ1v) is 11.8. The molecular weight excluding hydrogens is 451 g/mol. The first kappa shape index (κ1) is 24.8. The molecule has 8 nitrogen and oxygen atoms in total. The van der Waals surface area contributed by atoms with Crippen molar-refractivity contribution in [3.8, 4) is 5.75 Å². The molecule has 0 N–H and O–H groups in total. The van der Waals surface area contributed by atoms with E-state index in [1.807, 2.05) is 24.3 Å². The van der Waals surface area contributed by atoms with Gasteiger partial charge in [0, 0.05) is 50.7 Å². The number of hydrogen-bond acceptors (Lipinski definition) is 6. The van der Waals surface area contributed by atoms with Crippen LogP contribution < -0.4 is 4.74 Å². The predicted molar refractivity (Wildman–Crippen MR) is 130 cm³/mol. The minimum atomic E-state index is -0.471. The van der Waals surface area contributed by atoms with Crippen LogP contribution in [0.5, 0.6) is 5.75 Å². The Morgan fingerprint density at radius 3 is 2.57 bits per heavy atom. The van der Waals surface area contributed by atoms with Crippen molar-refractivity contribution in [3.05, 3.63) is 65.5 Å². The van der Waals surface area contributed by atoms with Gasteiger partial charge in [0.05, 0.1) is 32.1 Å². The molecular formula is C26H31FN4O4. The fourth-order valence-corrected chi connectivity index (χ4v) is 4.45. The van der Waals surface area contributed by atoms with Crippen LogP contribution in [0.2, 0.25) is 0 Å². The summed E-state index contributed by atoms with van der Waals surface area (Å²) in [4.78, 5) is 29.6. The van der Waals surface area contributed by atoms with Gasteiger partial charge < -0.3 is 14.4 Å². The number of halogens is 1. The van der Waals surface area contributed by atoms with Crippen LogP contribution in [0.1, 0.15) is 30.5 Å². The van der Waals surface area contributed by atoms with Gasteiger partial charge in [-0.1, -0.05) is 36.4 Å². The zero-order valence-electron chi connectivity index (χ0n) is 20.2. The van der Waals surface area contributed by atoms with Crippen molar-refractivity contribution in [3.63, 3.8) is 0 Å². The summed E-state index contributed by atoms with van der Waals surface area (Å²) >= 11 is 0. The third kappa shape index (κ3) is 5.86. The highest BCUT2D eigenvalue weighted by Crippen LogP contribution is 2.37. The molecule has 1 saturated heterocycles. The number of nitrogens with zero attached hydrogens (tertiary/aromatic N) is 4. The normalized spacial score (nSPS) is 18.3. The largest absolute Gasteiger partial charge is 0.496 e. The second-order valence-corrected chi connectivity index (χ2v) is 8.62. The average molecular weight is 483 g/mol. The number of carbonyl (C=O) groups excluding carboxylic acids is 2. The number of para-hydroxylation sites is 1. The van der Waals surface area contributed by atoms with Crippen LogP contribution in [-0.4, -0.2) is 85.4 Å². The molecule has 0 radical (unpaired) electrons. The molecule has 2 aromatic rings. The fourth-order valence-electron chi connectivity index (χ4n) is 4.45. The number of morpholine rings is 1. The Labute approximate surface area is 204 Å². The maximum absolute atomic E-state index is 14.6. The molecule has 0 unspecified atom stereocenters. The topological polar surface area (TPSA) is 74.7 Å². The van der Waals surface area contributed by atoms with E-state index < -0.39 is 11.9 Å². The summed E-state index contributed by atoms with van der Waals surface area (Å²) in [6.45, 7) is 5.38. The molecule has 0 saturated carbocycles. The van der Waals surface area contributed by atoms with E-state index in [2.05, 4.69) is 10.0 Å². The summed E-state index contributed by atoms with van der Waals surface area (Å²) in [5.41, 5.74) is 1.62. The van der Waals surface area contributed by atoms with Crippen LogP contribution in [0.3, 0.4) is 0 Å². The Morgan fingerprint density at radius 2 is 1.86 bits per heavy atom. The van der Waals surface area contributed by atoms with Crippen LogP contribution in [0.4, 0.5) is 4.39 Å². The Hall–Kier alpha value is -3.30. The molecule has 1 fully saturated rings. The number of hydrogen-bond donors (Lipinski definition) is 0. The first-order chi connectivity index (χ1) is 17.0. The quantitative estimate of drug-likeness (QED) is 0.579. The van der Waals surface area contributed by atoms with Gasteiger partial charge in [0.1, 0.15) is 18.1 Å². The lowest BCUT2D eigenvalue weighted by Gasteiger charge is -2.30. The van der Waals surface area contributed by atoms with Crippen LogP contribution in [0.25, 0.3) is 0 Å². The van der Waals surface area contributed by atoms with Crippen molar-refractivity contribution >= 4 is 17.5 Å². The van der Waals surface area contributed by atoms with Gasteiger partial charge in [-0.05, 0) is 12.1 Å². The summed E-state index contributed by atoms with van der Waals surface area (Å²) in [6, 6.07) is 13.3. The first-order valence-electron chi connectivity index (χ1n) is 11.8. The molecule has 2 aliphatic heterocycles. The molecule has 0 aliphatic carbocycles. The van der Waals surface area contributed by atoms with Gasteiger partial charge in [-0.15, -0.1) is 0 Å². The lowest BCUT2D eigenvalue weighted by Crippen LogP contribution is -2.45. The molecule has 0 bridgehead atoms. The third-order valence-corrected chi connectivity index (χ3v) is 6.41. The summed E-state index contributed by atoms with van der Waals surface area (Å²) in [6.07, 6.45) is 0.334. The summed E-state index contributed by atoms with van der Waals surface area (Å²) in [5.74, 6) is -0.284. The number of rotatable bonds is 8. The number of amides is 2. The van der Waals surface area contributed by atoms with Crippen molar-refractivity contribution in [2.45, 2.75) is 19.4 Å². The van der Waals surface area contributed by atoms with E-state index in [-0.39, 0.29) is 18.4 Å². The maximum Gasteiger partial charge on any atom is 0.262 e. The molecule has 2 amide bonds. The van der Waals surface area contributed by atoms with Crippen molar-refractivity contribution in [2.24, 2.45) is 5.10 Å². The fraction of sp³-hybridized carbons (Fsp3) is 0.423. The summed E-state index contributed by atoms with van der Waals surface area (Å²) in [5, 5.41) is 5.93. The molecule has 2 aromatic carbocycles. The third-order valence-electron chi connectivity index (χ3n) is 6.41. The van der Waals surface area contributed by atoms with Gasteiger partial charge in [-0.3, -0.25) is 14.5 Å². The summed E-state index contributed by atoms with van der Waals surface area (Å²) in [7, 11) is 1.57. The van der Waals surface area contributed by atoms with E-state index in [0.29, 0.717) is 49.7 Å². The van der Waals surface area contributed by atoms with Crippen molar-refractivity contribution in [2.75, 3.05) is 53.0 Å². The van der Waals surface area contributed by atoms with Gasteiger partial charge in [0.25, 0.3) is 5.91 Å². The zero-order chi connectivity index (χ0) is 24.8. The average Bonchev–Trinajstić information content (AvgIpc) is 3.32. The lowest BCUT2D eigenvalue weighted by molar-refractivity contribution is -0.140. The predicted octanol–water partition coefficient (Wildman–Crippen LogP) is 2.69. The van der Waals surface area contributed by atoms with Crippen molar-refractivity contribution in [1.29, 1.82) is 0 Å². The van der Waals surface area contributed by atoms with Gasteiger partial charge >= 0.3 is 0 Å². The number of carbonyl (C=O) groups is 2. The Kier molecular flexibility index (Phi) is 8.09. The molecule has 0 spiro atoms. The van der Waals surface area contributed by atoms with Gasteiger partial charge in [-0.2, -0.15) is 5.10 Å². The van der Waals surface area contributed by atoms with E-state index in [0.717, 1.165) is 18.7 Å². The minimum Gasteiger partial charge on any atom is -0.496 e. The number of benzene rings is 2. The molecule has 9 heteroatoms. The van der Waals surface area contributed by atoms with Crippen LogP contribution >= 0.6 is 0 Å². The van der Waals surface area contributed by atoms with E-state index in [1.165, 1.54) is 22.9 Å². The van der Waals surface area contributed by atoms with E-state index >= 15 is 0 Å². The highest BCUT2D eigenvalue weighted by atomic mass is 19.1. The van der Waals surface area contributed by atoms with Gasteiger partial charge in [-0.25, -0.2) is 9.40 Å². The van der Waals surface area contributed by atoms with E-state index in [1.54, 1.807) is 25.3 Å². The van der Waals surface area contributed by atoms with E-state index in [9.17, 15) is 14.0 Å². The Bertz CT molecular complexity index is 1090. The van der Waals surface area contributed by atoms with Crippen LogP contribution in [0.15, 0.2) is 53.6 Å².